The lowest BCUT2D eigenvalue weighted by Crippen LogP contribution is -2.39. The number of nitrogens with one attached hydrogen (secondary N) is 1. The van der Waals surface area contributed by atoms with Gasteiger partial charge in [0.25, 0.3) is 0 Å². The molecule has 0 aliphatic carbocycles. The molecule has 0 unspecified atom stereocenters. The topological polar surface area (TPSA) is 32.3 Å². The molecule has 1 N–H and O–H groups in total. The SMILES string of the molecule is CC.CC(C)CNC(=O)C1CCN(C)CC1. The third-order valence-electron chi connectivity index (χ3n) is 2.77. The number of carbonyl (C=O) groups is 1. The molecule has 0 aromatic carbocycles. The summed E-state index contributed by atoms with van der Waals surface area (Å²) in [6.45, 7) is 11.2. The highest BCUT2D eigenvalue weighted by molar-refractivity contribution is 5.78. The van der Waals surface area contributed by atoms with E-state index in [0.29, 0.717) is 5.92 Å². The molecule has 3 heteroatoms. The second-order valence-corrected chi connectivity index (χ2v) is 4.72. The predicted octanol–water partition coefficient (Wildman–Crippen LogP) is 2.13. The molecule has 1 heterocycles. The zero-order valence-electron chi connectivity index (χ0n) is 11.5. The van der Waals surface area contributed by atoms with E-state index in [1.54, 1.807) is 0 Å². The average Bonchev–Trinajstić information content (AvgIpc) is 2.29. The maximum atomic E-state index is 11.7. The molecule has 1 aliphatic rings. The van der Waals surface area contributed by atoms with Gasteiger partial charge >= 0.3 is 0 Å². The van der Waals surface area contributed by atoms with Crippen molar-refractivity contribution in [2.24, 2.45) is 11.8 Å². The highest BCUT2D eigenvalue weighted by atomic mass is 16.1. The Hall–Kier alpha value is -0.570. The number of hydrogen-bond donors (Lipinski definition) is 1. The lowest BCUT2D eigenvalue weighted by atomic mass is 9.96. The molecule has 1 fully saturated rings. The van der Waals surface area contributed by atoms with Gasteiger partial charge < -0.3 is 10.2 Å². The first-order chi connectivity index (χ1) is 7.59. The van der Waals surface area contributed by atoms with Crippen molar-refractivity contribution in [1.29, 1.82) is 0 Å². The third-order valence-corrected chi connectivity index (χ3v) is 2.77. The van der Waals surface area contributed by atoms with Crippen LogP contribution in [0, 0.1) is 11.8 Å². The average molecular weight is 228 g/mol. The quantitative estimate of drug-likeness (QED) is 0.802. The van der Waals surface area contributed by atoms with Crippen LogP contribution in [-0.2, 0) is 4.79 Å². The van der Waals surface area contributed by atoms with Crippen molar-refractivity contribution in [3.63, 3.8) is 0 Å². The number of piperidine rings is 1. The fraction of sp³-hybridized carbons (Fsp3) is 0.923. The van der Waals surface area contributed by atoms with Crippen LogP contribution in [0.5, 0.6) is 0 Å². The Balaban J connectivity index is 0.00000106. The number of likely N-dealkylation sites (tertiary alicyclic amines) is 1. The Kier molecular flexibility index (Phi) is 8.26. The van der Waals surface area contributed by atoms with E-state index in [9.17, 15) is 4.79 Å². The Morgan fingerprint density at radius 3 is 2.25 bits per heavy atom. The van der Waals surface area contributed by atoms with E-state index in [1.165, 1.54) is 0 Å². The first kappa shape index (κ1) is 15.4. The first-order valence-corrected chi connectivity index (χ1v) is 6.56. The molecular weight excluding hydrogens is 200 g/mol. The molecule has 1 amide bonds. The molecule has 1 rings (SSSR count). The van der Waals surface area contributed by atoms with Crippen LogP contribution >= 0.6 is 0 Å². The number of rotatable bonds is 3. The molecule has 0 spiro atoms. The minimum absolute atomic E-state index is 0.255. The van der Waals surface area contributed by atoms with Crippen LogP contribution in [0.1, 0.15) is 40.5 Å². The van der Waals surface area contributed by atoms with E-state index < -0.39 is 0 Å². The van der Waals surface area contributed by atoms with Gasteiger partial charge in [-0.3, -0.25) is 4.79 Å². The summed E-state index contributed by atoms with van der Waals surface area (Å²) < 4.78 is 0. The molecule has 0 saturated carbocycles. The monoisotopic (exact) mass is 228 g/mol. The standard InChI is InChI=1S/C11H22N2O.C2H6/c1-9(2)8-12-11(14)10-4-6-13(3)7-5-10;1-2/h9-10H,4-8H2,1-3H3,(H,12,14);1-2H3. The third kappa shape index (κ3) is 6.11. The summed E-state index contributed by atoms with van der Waals surface area (Å²) in [7, 11) is 2.11. The van der Waals surface area contributed by atoms with Crippen molar-refractivity contribution in [2.45, 2.75) is 40.5 Å². The Morgan fingerprint density at radius 1 is 1.31 bits per heavy atom. The highest BCUT2D eigenvalue weighted by Crippen LogP contribution is 2.15. The minimum Gasteiger partial charge on any atom is -0.356 e. The summed E-state index contributed by atoms with van der Waals surface area (Å²) in [4.78, 5) is 14.0. The maximum Gasteiger partial charge on any atom is 0.223 e. The second kappa shape index (κ2) is 8.57. The molecule has 0 radical (unpaired) electrons. The smallest absolute Gasteiger partial charge is 0.223 e. The van der Waals surface area contributed by atoms with Crippen LogP contribution in [0.25, 0.3) is 0 Å². The molecule has 1 saturated heterocycles. The molecule has 96 valence electrons. The van der Waals surface area contributed by atoms with Gasteiger partial charge in [-0.25, -0.2) is 0 Å². The van der Waals surface area contributed by atoms with Gasteiger partial charge in [0, 0.05) is 12.5 Å². The second-order valence-electron chi connectivity index (χ2n) is 4.72. The van der Waals surface area contributed by atoms with Crippen LogP contribution in [0.3, 0.4) is 0 Å². The fourth-order valence-corrected chi connectivity index (χ4v) is 1.72. The largest absolute Gasteiger partial charge is 0.356 e. The van der Waals surface area contributed by atoms with E-state index in [-0.39, 0.29) is 11.8 Å². The van der Waals surface area contributed by atoms with Gasteiger partial charge in [-0.05, 0) is 38.9 Å². The summed E-state index contributed by atoms with van der Waals surface area (Å²) >= 11 is 0. The molecule has 1 aliphatic heterocycles. The summed E-state index contributed by atoms with van der Waals surface area (Å²) in [5, 5.41) is 3.01. The van der Waals surface area contributed by atoms with Crippen molar-refractivity contribution >= 4 is 5.91 Å². The predicted molar refractivity (Wildman–Crippen MR) is 69.4 cm³/mol. The van der Waals surface area contributed by atoms with Crippen LogP contribution in [0.2, 0.25) is 0 Å². The zero-order valence-corrected chi connectivity index (χ0v) is 11.5. The Labute approximate surface area is 101 Å². The molecule has 16 heavy (non-hydrogen) atoms. The summed E-state index contributed by atoms with van der Waals surface area (Å²) in [6, 6.07) is 0. The molecule has 0 aromatic heterocycles. The lowest BCUT2D eigenvalue weighted by molar-refractivity contribution is -0.126. The summed E-state index contributed by atoms with van der Waals surface area (Å²) in [5.41, 5.74) is 0. The minimum atomic E-state index is 0.255. The van der Waals surface area contributed by atoms with Crippen LogP contribution in [0.15, 0.2) is 0 Å². The van der Waals surface area contributed by atoms with E-state index in [1.807, 2.05) is 13.8 Å². The van der Waals surface area contributed by atoms with Crippen LogP contribution in [-0.4, -0.2) is 37.5 Å². The van der Waals surface area contributed by atoms with E-state index in [2.05, 4.69) is 31.1 Å². The summed E-state index contributed by atoms with van der Waals surface area (Å²) in [6.07, 6.45) is 2.03. The molecule has 0 bridgehead atoms. The highest BCUT2D eigenvalue weighted by Gasteiger charge is 2.22. The Bertz CT molecular complexity index is 184. The van der Waals surface area contributed by atoms with Gasteiger partial charge in [-0.1, -0.05) is 27.7 Å². The molecule has 3 nitrogen and oxygen atoms in total. The van der Waals surface area contributed by atoms with E-state index in [4.69, 9.17) is 0 Å². The maximum absolute atomic E-state index is 11.7. The fourth-order valence-electron chi connectivity index (χ4n) is 1.72. The lowest BCUT2D eigenvalue weighted by Gasteiger charge is -2.28. The van der Waals surface area contributed by atoms with Gasteiger partial charge in [-0.2, -0.15) is 0 Å². The van der Waals surface area contributed by atoms with Crippen molar-refractivity contribution < 1.29 is 4.79 Å². The van der Waals surface area contributed by atoms with Gasteiger partial charge in [0.2, 0.25) is 5.91 Å². The van der Waals surface area contributed by atoms with Crippen LogP contribution < -0.4 is 5.32 Å². The van der Waals surface area contributed by atoms with Crippen molar-refractivity contribution in [2.75, 3.05) is 26.7 Å². The number of amides is 1. The zero-order chi connectivity index (χ0) is 12.6. The number of carbonyl (C=O) groups excluding carboxylic acids is 1. The van der Waals surface area contributed by atoms with E-state index in [0.717, 1.165) is 32.5 Å². The van der Waals surface area contributed by atoms with E-state index >= 15 is 0 Å². The molecular formula is C13H28N2O. The van der Waals surface area contributed by atoms with Gasteiger partial charge in [0.15, 0.2) is 0 Å². The van der Waals surface area contributed by atoms with Gasteiger partial charge in [0.1, 0.15) is 0 Å². The van der Waals surface area contributed by atoms with Gasteiger partial charge in [-0.15, -0.1) is 0 Å². The van der Waals surface area contributed by atoms with Crippen LogP contribution in [0.4, 0.5) is 0 Å². The van der Waals surface area contributed by atoms with Crippen molar-refractivity contribution in [3.05, 3.63) is 0 Å². The molecule has 0 aromatic rings. The van der Waals surface area contributed by atoms with Gasteiger partial charge in [0.05, 0.1) is 0 Å². The normalized spacial score (nSPS) is 17.9. The molecule has 0 atom stereocenters. The number of hydrogen-bond acceptors (Lipinski definition) is 2. The first-order valence-electron chi connectivity index (χ1n) is 6.56. The number of nitrogens with zero attached hydrogens (tertiary/aromatic N) is 1. The van der Waals surface area contributed by atoms with Crippen molar-refractivity contribution in [1.82, 2.24) is 10.2 Å². The van der Waals surface area contributed by atoms with Crippen molar-refractivity contribution in [3.8, 4) is 0 Å². The Morgan fingerprint density at radius 2 is 1.81 bits per heavy atom. The summed E-state index contributed by atoms with van der Waals surface area (Å²) in [5.74, 6) is 1.06.